The highest BCUT2D eigenvalue weighted by Crippen LogP contribution is 2.14. The lowest BCUT2D eigenvalue weighted by molar-refractivity contribution is 0.476. The maximum atomic E-state index is 11.2. The van der Waals surface area contributed by atoms with Gasteiger partial charge < -0.3 is 10.6 Å². The molecule has 108 valence electrons. The Labute approximate surface area is 115 Å². The lowest BCUT2D eigenvalue weighted by Crippen LogP contribution is -2.47. The van der Waals surface area contributed by atoms with Crippen molar-refractivity contribution in [3.8, 4) is 0 Å². The van der Waals surface area contributed by atoms with Crippen LogP contribution in [0.4, 0.5) is 11.4 Å². The predicted molar refractivity (Wildman–Crippen MR) is 78.9 cm³/mol. The number of hydrogen-bond acceptors (Lipinski definition) is 5. The fraction of sp³-hybridized carbons (Fsp3) is 0.583. The molecule has 0 saturated carbocycles. The number of hydrogen-bond donors (Lipinski definition) is 3. The van der Waals surface area contributed by atoms with Gasteiger partial charge in [0.15, 0.2) is 0 Å². The average Bonchev–Trinajstić information content (AvgIpc) is 2.24. The largest absolute Gasteiger partial charge is 0.384 e. The summed E-state index contributed by atoms with van der Waals surface area (Å²) in [6.07, 6.45) is 4.61. The Hall–Kier alpha value is -1.34. The van der Waals surface area contributed by atoms with Crippen LogP contribution in [0.1, 0.15) is 20.8 Å². The van der Waals surface area contributed by atoms with Crippen molar-refractivity contribution >= 4 is 21.4 Å². The Kier molecular flexibility index (Phi) is 5.13. The maximum absolute atomic E-state index is 11.2. The predicted octanol–water partition coefficient (Wildman–Crippen LogP) is 1.25. The second kappa shape index (κ2) is 6.21. The number of nitrogens with one attached hydrogen (secondary N) is 3. The third kappa shape index (κ3) is 6.40. The highest BCUT2D eigenvalue weighted by Gasteiger charge is 2.21. The summed E-state index contributed by atoms with van der Waals surface area (Å²) in [7, 11) is -3.22. The molecule has 7 heteroatoms. The Morgan fingerprint density at radius 2 is 1.79 bits per heavy atom. The Morgan fingerprint density at radius 1 is 1.21 bits per heavy atom. The molecule has 0 fully saturated rings. The summed E-state index contributed by atoms with van der Waals surface area (Å²) in [6, 6.07) is 1.94. The van der Waals surface area contributed by atoms with Gasteiger partial charge in [0.1, 0.15) is 0 Å². The minimum atomic E-state index is -3.22. The van der Waals surface area contributed by atoms with Crippen LogP contribution < -0.4 is 15.4 Å². The van der Waals surface area contributed by atoms with Crippen molar-refractivity contribution in [2.24, 2.45) is 0 Å². The maximum Gasteiger partial charge on any atom is 0.209 e. The van der Waals surface area contributed by atoms with Crippen LogP contribution in [0.25, 0.3) is 0 Å². The lowest BCUT2D eigenvalue weighted by Gasteiger charge is -2.25. The number of rotatable bonds is 7. The minimum absolute atomic E-state index is 0.470. The third-order valence-corrected chi connectivity index (χ3v) is 3.24. The van der Waals surface area contributed by atoms with Crippen LogP contribution >= 0.6 is 0 Å². The molecule has 3 N–H and O–H groups in total. The summed E-state index contributed by atoms with van der Waals surface area (Å²) in [4.78, 5) is 4.11. The molecule has 0 unspecified atom stereocenters. The molecule has 0 atom stereocenters. The molecule has 1 rings (SSSR count). The molecule has 0 aromatic carbocycles. The summed E-state index contributed by atoms with van der Waals surface area (Å²) in [5.41, 5.74) is 1.21. The minimum Gasteiger partial charge on any atom is -0.384 e. The van der Waals surface area contributed by atoms with Gasteiger partial charge in [-0.05, 0) is 26.8 Å². The molecule has 0 bridgehead atoms. The second-order valence-electron chi connectivity index (χ2n) is 5.10. The Morgan fingerprint density at radius 3 is 2.32 bits per heavy atom. The van der Waals surface area contributed by atoms with E-state index in [1.165, 1.54) is 0 Å². The molecule has 19 heavy (non-hydrogen) atoms. The molecular formula is C12H22N4O2S. The first-order valence-electron chi connectivity index (χ1n) is 6.13. The molecule has 1 aromatic rings. The van der Waals surface area contributed by atoms with Gasteiger partial charge in [0.25, 0.3) is 0 Å². The van der Waals surface area contributed by atoms with E-state index in [2.05, 4.69) is 20.3 Å². The molecule has 0 aliphatic heterocycles. The monoisotopic (exact) mass is 286 g/mol. The molecule has 0 spiro atoms. The van der Waals surface area contributed by atoms with E-state index in [1.54, 1.807) is 12.4 Å². The topological polar surface area (TPSA) is 83.1 Å². The molecule has 0 aliphatic rings. The highest BCUT2D eigenvalue weighted by molar-refractivity contribution is 7.88. The van der Waals surface area contributed by atoms with Gasteiger partial charge in [-0.2, -0.15) is 0 Å². The van der Waals surface area contributed by atoms with E-state index in [-0.39, 0.29) is 0 Å². The van der Waals surface area contributed by atoms with Gasteiger partial charge in [0.2, 0.25) is 10.0 Å². The van der Waals surface area contributed by atoms with Gasteiger partial charge >= 0.3 is 0 Å². The fourth-order valence-electron chi connectivity index (χ4n) is 1.70. The van der Waals surface area contributed by atoms with E-state index in [0.29, 0.717) is 6.54 Å². The van der Waals surface area contributed by atoms with Crippen LogP contribution in [0.2, 0.25) is 0 Å². The molecule has 0 aliphatic carbocycles. The SMILES string of the molecule is CCNc1cncc(NCC(C)(C)NS(C)(=O)=O)c1. The summed E-state index contributed by atoms with van der Waals surface area (Å²) < 4.78 is 25.1. The van der Waals surface area contributed by atoms with Crippen molar-refractivity contribution in [1.29, 1.82) is 0 Å². The summed E-state index contributed by atoms with van der Waals surface area (Å²) in [6.45, 7) is 6.95. The second-order valence-corrected chi connectivity index (χ2v) is 6.85. The first-order chi connectivity index (χ1) is 8.72. The van der Waals surface area contributed by atoms with E-state index < -0.39 is 15.6 Å². The van der Waals surface area contributed by atoms with Crippen LogP contribution in [0.15, 0.2) is 18.5 Å². The summed E-state index contributed by atoms with van der Waals surface area (Å²) >= 11 is 0. The van der Waals surface area contributed by atoms with Crippen molar-refractivity contribution in [3.05, 3.63) is 18.5 Å². The number of sulfonamides is 1. The number of anilines is 2. The fourth-order valence-corrected chi connectivity index (χ4v) is 2.77. The Balaban J connectivity index is 2.63. The molecule has 6 nitrogen and oxygen atoms in total. The van der Waals surface area contributed by atoms with E-state index in [1.807, 2.05) is 26.8 Å². The molecule has 0 radical (unpaired) electrons. The quantitative estimate of drug-likeness (QED) is 0.703. The van der Waals surface area contributed by atoms with Gasteiger partial charge in [0.05, 0.1) is 30.0 Å². The summed E-state index contributed by atoms with van der Waals surface area (Å²) in [5, 5.41) is 6.35. The van der Waals surface area contributed by atoms with Gasteiger partial charge in [0, 0.05) is 18.6 Å². The van der Waals surface area contributed by atoms with Crippen LogP contribution in [-0.2, 0) is 10.0 Å². The highest BCUT2D eigenvalue weighted by atomic mass is 32.2. The van der Waals surface area contributed by atoms with Crippen molar-refractivity contribution in [3.63, 3.8) is 0 Å². The molecule has 0 saturated heterocycles. The third-order valence-electron chi connectivity index (χ3n) is 2.32. The molecule has 1 heterocycles. The van der Waals surface area contributed by atoms with Crippen LogP contribution in [0, 0.1) is 0 Å². The van der Waals surface area contributed by atoms with Crippen molar-refractivity contribution in [2.45, 2.75) is 26.3 Å². The van der Waals surface area contributed by atoms with Gasteiger partial charge in [-0.25, -0.2) is 13.1 Å². The van der Waals surface area contributed by atoms with Crippen molar-refractivity contribution in [2.75, 3.05) is 30.0 Å². The van der Waals surface area contributed by atoms with E-state index in [9.17, 15) is 8.42 Å². The zero-order chi connectivity index (χ0) is 14.5. The average molecular weight is 286 g/mol. The number of aromatic nitrogens is 1. The molecule has 1 aromatic heterocycles. The lowest BCUT2D eigenvalue weighted by atomic mass is 10.1. The van der Waals surface area contributed by atoms with Crippen LogP contribution in [-0.4, -0.2) is 38.3 Å². The van der Waals surface area contributed by atoms with Gasteiger partial charge in [-0.15, -0.1) is 0 Å². The summed E-state index contributed by atoms with van der Waals surface area (Å²) in [5.74, 6) is 0. The number of pyridine rings is 1. The van der Waals surface area contributed by atoms with Crippen LogP contribution in [0.3, 0.4) is 0 Å². The molecular weight excluding hydrogens is 264 g/mol. The van der Waals surface area contributed by atoms with E-state index >= 15 is 0 Å². The Bertz CT molecular complexity index is 514. The standard InChI is InChI=1S/C12H22N4O2S/c1-5-14-10-6-11(8-13-7-10)15-9-12(2,3)16-19(4,17)18/h6-8,14-16H,5,9H2,1-4H3. The zero-order valence-corrected chi connectivity index (χ0v) is 12.6. The normalized spacial score (nSPS) is 12.2. The first kappa shape index (κ1) is 15.7. The van der Waals surface area contributed by atoms with E-state index in [0.717, 1.165) is 24.2 Å². The van der Waals surface area contributed by atoms with E-state index in [4.69, 9.17) is 0 Å². The van der Waals surface area contributed by atoms with Crippen molar-refractivity contribution in [1.82, 2.24) is 9.71 Å². The van der Waals surface area contributed by atoms with Crippen molar-refractivity contribution < 1.29 is 8.42 Å². The smallest absolute Gasteiger partial charge is 0.209 e. The number of nitrogens with zero attached hydrogens (tertiary/aromatic N) is 1. The van der Waals surface area contributed by atoms with Gasteiger partial charge in [-0.3, -0.25) is 4.98 Å². The molecule has 0 amide bonds. The van der Waals surface area contributed by atoms with Gasteiger partial charge in [-0.1, -0.05) is 0 Å². The zero-order valence-electron chi connectivity index (χ0n) is 11.8. The first-order valence-corrected chi connectivity index (χ1v) is 8.03. The van der Waals surface area contributed by atoms with Crippen LogP contribution in [0.5, 0.6) is 0 Å².